The molecule has 118 valence electrons. The van der Waals surface area contributed by atoms with E-state index in [2.05, 4.69) is 0 Å². The van der Waals surface area contributed by atoms with Crippen molar-refractivity contribution in [1.29, 1.82) is 0 Å². The lowest BCUT2D eigenvalue weighted by atomic mass is 10.2. The minimum Gasteiger partial charge on any atom is -0.487 e. The predicted molar refractivity (Wildman–Crippen MR) is 79.2 cm³/mol. The van der Waals surface area contributed by atoms with E-state index >= 15 is 0 Å². The normalized spacial score (nSPS) is 11.3. The van der Waals surface area contributed by atoms with Crippen molar-refractivity contribution >= 4 is 15.5 Å². The lowest BCUT2D eigenvalue weighted by molar-refractivity contribution is -0.386. The molecule has 7 nitrogen and oxygen atoms in total. The second-order valence-electron chi connectivity index (χ2n) is 4.71. The van der Waals surface area contributed by atoms with Crippen LogP contribution in [0.15, 0.2) is 23.1 Å². The topological polar surface area (TPSA) is 113 Å². The van der Waals surface area contributed by atoms with E-state index in [9.17, 15) is 18.5 Å². The maximum absolute atomic E-state index is 11.4. The summed E-state index contributed by atoms with van der Waals surface area (Å²) in [5.74, 6) is 0.0891. The quantitative estimate of drug-likeness (QED) is 0.423. The molecule has 1 rings (SSSR count). The number of nitrogens with zero attached hydrogens (tertiary/aromatic N) is 1. The summed E-state index contributed by atoms with van der Waals surface area (Å²) in [6, 6.07) is 3.67. The molecule has 0 heterocycles. The highest BCUT2D eigenvalue weighted by Crippen LogP contribution is 2.29. The summed E-state index contributed by atoms with van der Waals surface area (Å²) in [5, 5.41) is 11.0. The van der Waals surface area contributed by atoms with Crippen LogP contribution >= 0.6 is 0 Å². The van der Waals surface area contributed by atoms with Gasteiger partial charge in [0.2, 0.25) is 0 Å². The molecule has 0 radical (unpaired) electrons. The Morgan fingerprint density at radius 1 is 1.24 bits per heavy atom. The van der Waals surface area contributed by atoms with Gasteiger partial charge in [0.1, 0.15) is 0 Å². The summed E-state index contributed by atoms with van der Waals surface area (Å²) >= 11 is 0. The zero-order valence-corrected chi connectivity index (χ0v) is 12.8. The van der Waals surface area contributed by atoms with E-state index in [0.717, 1.165) is 38.0 Å². The van der Waals surface area contributed by atoms with Crippen molar-refractivity contribution in [1.82, 2.24) is 0 Å². The number of nitro benzene ring substituents is 1. The van der Waals surface area contributed by atoms with Gasteiger partial charge in [0.15, 0.2) is 15.6 Å². The van der Waals surface area contributed by atoms with Crippen molar-refractivity contribution in [3.63, 3.8) is 0 Å². The molecule has 8 heteroatoms. The van der Waals surface area contributed by atoms with Crippen molar-refractivity contribution in [2.45, 2.75) is 30.6 Å². The van der Waals surface area contributed by atoms with Gasteiger partial charge < -0.3 is 10.5 Å². The SMILES string of the molecule is CS(=O)(=O)c1ccc(OCCCCCCN)c([N+](=O)[O-])c1. The van der Waals surface area contributed by atoms with Crippen molar-refractivity contribution in [3.8, 4) is 5.75 Å². The molecule has 0 unspecified atom stereocenters. The Morgan fingerprint density at radius 2 is 1.90 bits per heavy atom. The Morgan fingerprint density at radius 3 is 2.48 bits per heavy atom. The summed E-state index contributed by atoms with van der Waals surface area (Å²) in [7, 11) is -3.48. The number of nitrogens with two attached hydrogens (primary N) is 1. The summed E-state index contributed by atoms with van der Waals surface area (Å²) in [6.07, 6.45) is 4.65. The predicted octanol–water partition coefficient (Wildman–Crippen LogP) is 1.90. The van der Waals surface area contributed by atoms with Gasteiger partial charge in [0, 0.05) is 12.3 Å². The Labute approximate surface area is 124 Å². The molecule has 0 bridgehead atoms. The van der Waals surface area contributed by atoms with Gasteiger partial charge >= 0.3 is 5.69 Å². The highest BCUT2D eigenvalue weighted by molar-refractivity contribution is 7.90. The first-order chi connectivity index (χ1) is 9.86. The molecule has 0 aromatic heterocycles. The average molecular weight is 316 g/mol. The van der Waals surface area contributed by atoms with Crippen molar-refractivity contribution in [3.05, 3.63) is 28.3 Å². The maximum atomic E-state index is 11.4. The number of benzene rings is 1. The number of rotatable bonds is 9. The molecule has 0 aliphatic rings. The highest BCUT2D eigenvalue weighted by Gasteiger charge is 2.19. The van der Waals surface area contributed by atoms with Crippen LogP contribution in [-0.2, 0) is 9.84 Å². The summed E-state index contributed by atoms with van der Waals surface area (Å²) in [4.78, 5) is 10.3. The fraction of sp³-hybridized carbons (Fsp3) is 0.538. The lowest BCUT2D eigenvalue weighted by Crippen LogP contribution is -2.04. The fourth-order valence-corrected chi connectivity index (χ4v) is 2.42. The molecule has 0 atom stereocenters. The molecular formula is C13H20N2O5S. The van der Waals surface area contributed by atoms with Crippen LogP contribution in [0.1, 0.15) is 25.7 Å². The summed E-state index contributed by atoms with van der Waals surface area (Å²) < 4.78 is 28.2. The number of ether oxygens (including phenoxy) is 1. The molecule has 0 aliphatic carbocycles. The van der Waals surface area contributed by atoms with Gasteiger partial charge in [-0.3, -0.25) is 10.1 Å². The van der Waals surface area contributed by atoms with Crippen molar-refractivity contribution in [2.24, 2.45) is 5.73 Å². The lowest BCUT2D eigenvalue weighted by Gasteiger charge is -2.07. The Hall–Kier alpha value is -1.67. The second kappa shape index (κ2) is 7.94. The van der Waals surface area contributed by atoms with Crippen LogP contribution in [-0.4, -0.2) is 32.7 Å². The van der Waals surface area contributed by atoms with E-state index in [1.807, 2.05) is 0 Å². The Bertz CT molecular complexity index is 586. The molecule has 0 saturated heterocycles. The number of unbranched alkanes of at least 4 members (excludes halogenated alkanes) is 3. The molecule has 21 heavy (non-hydrogen) atoms. The van der Waals surface area contributed by atoms with Gasteiger partial charge in [0.05, 0.1) is 16.4 Å². The fourth-order valence-electron chi connectivity index (χ4n) is 1.77. The van der Waals surface area contributed by atoms with Crippen LogP contribution in [0.5, 0.6) is 5.75 Å². The minimum atomic E-state index is -3.48. The molecule has 1 aromatic rings. The van der Waals surface area contributed by atoms with Crippen LogP contribution in [0, 0.1) is 10.1 Å². The second-order valence-corrected chi connectivity index (χ2v) is 6.73. The summed E-state index contributed by atoms with van der Waals surface area (Å²) in [6.45, 7) is 1.00. The third-order valence-corrected chi connectivity index (χ3v) is 4.02. The van der Waals surface area contributed by atoms with E-state index in [0.29, 0.717) is 13.2 Å². The Balaban J connectivity index is 2.72. The third kappa shape index (κ3) is 5.68. The monoisotopic (exact) mass is 316 g/mol. The number of hydrogen-bond donors (Lipinski definition) is 1. The van der Waals surface area contributed by atoms with Crippen LogP contribution in [0.4, 0.5) is 5.69 Å². The first kappa shape index (κ1) is 17.4. The standard InChI is InChI=1S/C13H20N2O5S/c1-21(18,19)11-6-7-13(12(10-11)15(16)17)20-9-5-3-2-4-8-14/h6-7,10H,2-5,8-9,14H2,1H3. The molecule has 0 saturated carbocycles. The van der Waals surface area contributed by atoms with E-state index in [1.54, 1.807) is 0 Å². The molecule has 1 aromatic carbocycles. The van der Waals surface area contributed by atoms with E-state index in [-0.39, 0.29) is 16.3 Å². The van der Waals surface area contributed by atoms with Crippen molar-refractivity contribution in [2.75, 3.05) is 19.4 Å². The zero-order valence-electron chi connectivity index (χ0n) is 11.9. The number of nitro groups is 1. The van der Waals surface area contributed by atoms with E-state index in [1.165, 1.54) is 12.1 Å². The smallest absolute Gasteiger partial charge is 0.312 e. The first-order valence-corrected chi connectivity index (χ1v) is 8.56. The molecular weight excluding hydrogens is 296 g/mol. The minimum absolute atomic E-state index is 0.0891. The van der Waals surface area contributed by atoms with Crippen molar-refractivity contribution < 1.29 is 18.1 Å². The third-order valence-electron chi connectivity index (χ3n) is 2.91. The highest BCUT2D eigenvalue weighted by atomic mass is 32.2. The zero-order chi connectivity index (χ0) is 15.9. The van der Waals surface area contributed by atoms with Gasteiger partial charge in [-0.25, -0.2) is 8.42 Å². The molecule has 0 spiro atoms. The van der Waals surface area contributed by atoms with Gasteiger partial charge in [-0.1, -0.05) is 12.8 Å². The molecule has 0 fully saturated rings. The number of hydrogen-bond acceptors (Lipinski definition) is 6. The van der Waals surface area contributed by atoms with E-state index < -0.39 is 14.8 Å². The first-order valence-electron chi connectivity index (χ1n) is 6.67. The maximum Gasteiger partial charge on any atom is 0.312 e. The number of sulfone groups is 1. The van der Waals surface area contributed by atoms with Crippen LogP contribution in [0.25, 0.3) is 0 Å². The molecule has 2 N–H and O–H groups in total. The van der Waals surface area contributed by atoms with Gasteiger partial charge in [-0.05, 0) is 31.5 Å². The van der Waals surface area contributed by atoms with Crippen LogP contribution < -0.4 is 10.5 Å². The Kier molecular flexibility index (Phi) is 6.57. The van der Waals surface area contributed by atoms with Gasteiger partial charge in [0.25, 0.3) is 0 Å². The summed E-state index contributed by atoms with van der Waals surface area (Å²) in [5.41, 5.74) is 5.05. The van der Waals surface area contributed by atoms with Crippen LogP contribution in [0.3, 0.4) is 0 Å². The van der Waals surface area contributed by atoms with Gasteiger partial charge in [-0.15, -0.1) is 0 Å². The molecule has 0 amide bonds. The average Bonchev–Trinajstić information content (AvgIpc) is 2.41. The van der Waals surface area contributed by atoms with Gasteiger partial charge in [-0.2, -0.15) is 0 Å². The van der Waals surface area contributed by atoms with Crippen LogP contribution in [0.2, 0.25) is 0 Å². The largest absolute Gasteiger partial charge is 0.487 e. The molecule has 0 aliphatic heterocycles. The van der Waals surface area contributed by atoms with E-state index in [4.69, 9.17) is 10.5 Å².